The van der Waals surface area contributed by atoms with Gasteiger partial charge in [0.05, 0.1) is 28.9 Å². The van der Waals surface area contributed by atoms with Crippen LogP contribution in [0.1, 0.15) is 5.56 Å². The fourth-order valence-corrected chi connectivity index (χ4v) is 16.5. The molecule has 0 spiro atoms. The number of furan rings is 3. The molecule has 7 aromatic carbocycles. The molecule has 18 heterocycles. The summed E-state index contributed by atoms with van der Waals surface area (Å²) in [4.78, 5) is 52.5. The predicted molar refractivity (Wildman–Crippen MR) is 508 cm³/mol. The first-order valence-corrected chi connectivity index (χ1v) is 42.2. The van der Waals surface area contributed by atoms with Gasteiger partial charge in [0.25, 0.3) is 0 Å². The number of hydrogen-bond acceptors (Lipinski definition) is 16. The van der Waals surface area contributed by atoms with Crippen LogP contribution in [0.4, 0.5) is 28.8 Å². The molecule has 0 bridgehead atoms. The number of fused-ring (bicyclic) bond motifs is 9. The van der Waals surface area contributed by atoms with E-state index in [1.165, 1.54) is 6.26 Å². The number of hydrogen-bond donors (Lipinski definition) is 0. The van der Waals surface area contributed by atoms with Crippen LogP contribution in [0.2, 0.25) is 0 Å². The zero-order chi connectivity index (χ0) is 87.7. The Balaban J connectivity index is 0.000000119. The summed E-state index contributed by atoms with van der Waals surface area (Å²) in [5, 5.41) is 10.4. The fourth-order valence-electron chi connectivity index (χ4n) is 16.5. The average Bonchev–Trinajstić information content (AvgIpc) is 1.59. The van der Waals surface area contributed by atoms with Crippen LogP contribution in [0.5, 0.6) is 0 Å². The molecule has 0 aliphatic carbocycles. The Morgan fingerprint density at radius 1 is 0.467 bits per heavy atom. The molecular weight excluding hydrogens is 2400 g/mol. The minimum Gasteiger partial charge on any atom is -0.535 e. The molecule has 0 aliphatic rings. The molecule has 0 amide bonds. The fraction of sp³-hybridized carbons (Fsp3) is 0.0374. The van der Waals surface area contributed by atoms with Crippen LogP contribution < -0.4 is 19.4 Å². The molecule has 18 aromatic heterocycles. The third-order valence-electron chi connectivity index (χ3n) is 22.5. The Kier molecular flexibility index (Phi) is 26.6. The van der Waals surface area contributed by atoms with E-state index in [4.69, 9.17) is 52.6 Å². The second-order valence-electron chi connectivity index (χ2n) is 30.7. The van der Waals surface area contributed by atoms with Gasteiger partial charge in [-0.05, 0) is 140 Å². The number of aryl methyl sites for hydroxylation is 3. The second-order valence-corrected chi connectivity index (χ2v) is 30.7. The van der Waals surface area contributed by atoms with Crippen LogP contribution >= 0.6 is 0 Å². The zero-order valence-corrected chi connectivity index (χ0v) is 81.5. The summed E-state index contributed by atoms with van der Waals surface area (Å²) >= 11 is 0. The molecule has 28 heteroatoms. The van der Waals surface area contributed by atoms with E-state index in [1.807, 2.05) is 308 Å². The maximum atomic E-state index is 6.06. The van der Waals surface area contributed by atoms with Crippen LogP contribution in [0.25, 0.3) is 168 Å². The van der Waals surface area contributed by atoms with Crippen molar-refractivity contribution in [3.63, 3.8) is 0 Å². The Hall–Kier alpha value is -15.6. The van der Waals surface area contributed by atoms with Crippen molar-refractivity contribution in [1.82, 2.24) is 77.5 Å². The van der Waals surface area contributed by atoms with Crippen molar-refractivity contribution in [2.45, 2.75) is 0 Å². The molecular formula is C107H73Ir4N20O4-5. The molecule has 0 atom stereocenters. The summed E-state index contributed by atoms with van der Waals surface area (Å²) in [6, 6.07) is 115. The Morgan fingerprint density at radius 3 is 1.96 bits per heavy atom. The maximum absolute atomic E-state index is 6.06. The van der Waals surface area contributed by atoms with E-state index in [9.17, 15) is 0 Å². The predicted octanol–water partition coefficient (Wildman–Crippen LogP) is 22.5. The second kappa shape index (κ2) is 39.8. The largest absolute Gasteiger partial charge is 0.535 e. The standard InChI is InChI=1S/C32H20N4O.C27H17N4.C26H21N6O2.C22H15N6O.4Ir/c1-2-10-24(11-3-1)36(31-17-7-13-27(33-31)25-12-6-15-29-26(25)20-22-37-29)32-18-8-16-30(34-32)35-21-19-23-9-4-5-14-28(23)35;1-2-9-19(10-3-1)22-13-8-15-26(29-22)31-25-14-5-4-11-20(25)21-16-17-24(30-27(21)31)23-12-6-7-18-28-23;1-30-14-21(24-25(30)31(2)17-28-24)22-9-6-10-23(29-22)32(19-7-4-3-5-8-19)16-27-13-18-15-34-26-20(18)11-12-33-26;1-26-14-16(15-6-2-3-7-17(15)26)22-25-21-18(29-22)10-13-27(21)19-8-4-9-20(24-19)28-12-5-11-23-28;;;;/h1-13,15-19,21-22H;1-9,11-18H;3-10,12-15,17H,16H2,1-2H3;2-13H,1H3;;;;/q-2;3*-1;;;;. The summed E-state index contributed by atoms with van der Waals surface area (Å²) in [5.41, 5.74) is 19.0. The van der Waals surface area contributed by atoms with E-state index < -0.39 is 0 Å². The van der Waals surface area contributed by atoms with Crippen molar-refractivity contribution in [2.75, 3.05) is 16.5 Å². The van der Waals surface area contributed by atoms with E-state index in [2.05, 4.69) is 141 Å². The van der Waals surface area contributed by atoms with Crippen LogP contribution in [0, 0.1) is 30.5 Å². The molecule has 0 fully saturated rings. The maximum Gasteiger partial charge on any atom is 0.177 e. The molecule has 0 saturated carbocycles. The molecule has 135 heavy (non-hydrogen) atoms. The van der Waals surface area contributed by atoms with E-state index in [-0.39, 0.29) is 80.4 Å². The minimum atomic E-state index is 0. The smallest absolute Gasteiger partial charge is 0.177 e. The number of imidazole rings is 1. The van der Waals surface area contributed by atoms with Crippen LogP contribution in [-0.4, -0.2) is 85.4 Å². The van der Waals surface area contributed by atoms with Crippen LogP contribution in [-0.2, 0) is 102 Å². The number of pyridine rings is 7. The van der Waals surface area contributed by atoms with Crippen molar-refractivity contribution in [2.24, 2.45) is 26.1 Å². The van der Waals surface area contributed by atoms with Gasteiger partial charge < -0.3 is 40.8 Å². The number of oxazole rings is 1. The van der Waals surface area contributed by atoms with Gasteiger partial charge in [-0.1, -0.05) is 173 Å². The monoisotopic (exact) mass is 2470 g/mol. The first-order chi connectivity index (χ1) is 64.7. The number of para-hydroxylation sites is 5. The molecule has 0 unspecified atom stereocenters. The van der Waals surface area contributed by atoms with Gasteiger partial charge in [-0.2, -0.15) is 29.4 Å². The van der Waals surface area contributed by atoms with Gasteiger partial charge in [0.15, 0.2) is 22.8 Å². The molecule has 24 nitrogen and oxygen atoms in total. The topological polar surface area (TPSA) is 235 Å². The summed E-state index contributed by atoms with van der Waals surface area (Å²) in [7, 11) is 5.99. The number of anilines is 5. The van der Waals surface area contributed by atoms with Crippen LogP contribution in [0.3, 0.4) is 0 Å². The summed E-state index contributed by atoms with van der Waals surface area (Å²) < 4.78 is 36.1. The van der Waals surface area contributed by atoms with Crippen LogP contribution in [0.15, 0.2) is 394 Å². The Labute approximate surface area is 826 Å². The average molecular weight is 2470 g/mol. The first kappa shape index (κ1) is 90.0. The zero-order valence-electron chi connectivity index (χ0n) is 71.9. The Morgan fingerprint density at radius 2 is 1.15 bits per heavy atom. The van der Waals surface area contributed by atoms with Gasteiger partial charge in [0.1, 0.15) is 64.3 Å². The van der Waals surface area contributed by atoms with E-state index in [0.717, 1.165) is 180 Å². The summed E-state index contributed by atoms with van der Waals surface area (Å²) in [6.45, 7) is 0.374. The van der Waals surface area contributed by atoms with Gasteiger partial charge in [0.2, 0.25) is 0 Å². The van der Waals surface area contributed by atoms with Crippen molar-refractivity contribution in [3.8, 4) is 79.9 Å². The van der Waals surface area contributed by atoms with E-state index in [1.54, 1.807) is 35.8 Å². The van der Waals surface area contributed by atoms with Crippen molar-refractivity contribution in [1.29, 1.82) is 0 Å². The number of rotatable bonds is 17. The van der Waals surface area contributed by atoms with Gasteiger partial charge >= 0.3 is 0 Å². The number of nitrogens with zero attached hydrogens (tertiary/aromatic N) is 20. The summed E-state index contributed by atoms with van der Waals surface area (Å²) in [5.74, 6) is 6.42. The third-order valence-corrected chi connectivity index (χ3v) is 22.5. The SMILES string of the molecule is Cn1[c-]c(-c2nc3c(ccn3-c3cccc(-n4cccn4)n3)o2)c2ccccc21.Cn1cc(-c2cccc(N(CN=Cc3coc4oc[c-]c34)c3ccccc3)n2)c2[n-]c[n+](C)c21.[Ir].[Ir].[Ir].[Ir].[c-]1ccccc1-c1cccc(-n2c3ccccc3c3ccc(-c4ccccn4)nc32)n1.[c-]1coc2cccc(-c3cccc(N(c4ccccc4)c4cccc(-n5ccc6ccc[c-]c65)n4)n3)c12. The minimum absolute atomic E-state index is 0. The summed E-state index contributed by atoms with van der Waals surface area (Å²) in [6.07, 6.45) is 23.0. The van der Waals surface area contributed by atoms with Crippen molar-refractivity contribution < 1.29 is 103 Å². The van der Waals surface area contributed by atoms with E-state index >= 15 is 0 Å². The van der Waals surface area contributed by atoms with Gasteiger partial charge in [-0.3, -0.25) is 29.0 Å². The number of aromatic nitrogens is 17. The molecule has 25 aromatic rings. The van der Waals surface area contributed by atoms with Gasteiger partial charge in [-0.25, -0.2) is 39.6 Å². The van der Waals surface area contributed by atoms with E-state index in [0.29, 0.717) is 29.6 Å². The molecule has 4 radical (unpaired) electrons. The molecule has 0 N–H and O–H groups in total. The van der Waals surface area contributed by atoms with Crippen molar-refractivity contribution >= 4 is 123 Å². The molecule has 25 rings (SSSR count). The molecule has 0 saturated heterocycles. The Bertz CT molecular complexity index is 8450. The van der Waals surface area contributed by atoms with Crippen molar-refractivity contribution in [3.05, 3.63) is 408 Å². The normalized spacial score (nSPS) is 11.1. The molecule has 0 aliphatic heterocycles. The van der Waals surface area contributed by atoms with Gasteiger partial charge in [-0.15, -0.1) is 76.3 Å². The molecule has 666 valence electrons. The first-order valence-electron chi connectivity index (χ1n) is 42.2. The number of benzene rings is 7. The third kappa shape index (κ3) is 17.9. The quantitative estimate of drug-likeness (QED) is 0.0468. The van der Waals surface area contributed by atoms with Gasteiger partial charge in [0, 0.05) is 189 Å². The number of aliphatic imine (C=N–C) groups is 1.